The Morgan fingerprint density at radius 1 is 1.35 bits per heavy atom. The smallest absolute Gasteiger partial charge is 0.325 e. The molecule has 1 saturated heterocycles. The number of rotatable bonds is 4. The van der Waals surface area contributed by atoms with E-state index in [9.17, 15) is 19.1 Å². The molecule has 1 aromatic heterocycles. The van der Waals surface area contributed by atoms with Crippen LogP contribution in [-0.4, -0.2) is 28.5 Å². The third-order valence-corrected chi connectivity index (χ3v) is 4.97. The highest BCUT2D eigenvalue weighted by Gasteiger charge is 2.50. The van der Waals surface area contributed by atoms with Gasteiger partial charge in [-0.15, -0.1) is 11.3 Å². The van der Waals surface area contributed by atoms with E-state index in [1.54, 1.807) is 25.1 Å². The fourth-order valence-electron chi connectivity index (χ4n) is 2.59. The number of carbonyl (C=O) groups is 2. The van der Waals surface area contributed by atoms with Crippen LogP contribution in [0.15, 0.2) is 41.8 Å². The predicted molar refractivity (Wildman–Crippen MR) is 83.3 cm³/mol. The number of hydrogen-bond donors (Lipinski definition) is 2. The molecule has 2 heterocycles. The molecule has 1 aromatic carbocycles. The van der Waals surface area contributed by atoms with Crippen LogP contribution in [0.3, 0.4) is 0 Å². The number of benzene rings is 1. The van der Waals surface area contributed by atoms with E-state index in [0.29, 0.717) is 5.56 Å². The first-order chi connectivity index (χ1) is 10.9. The van der Waals surface area contributed by atoms with Gasteiger partial charge in [0.1, 0.15) is 5.82 Å². The van der Waals surface area contributed by atoms with Gasteiger partial charge in [-0.05, 0) is 36.1 Å². The Hall–Kier alpha value is -2.25. The summed E-state index contributed by atoms with van der Waals surface area (Å²) in [6, 6.07) is 8.46. The molecule has 0 aliphatic carbocycles. The number of thiophene rings is 1. The Morgan fingerprint density at radius 2 is 2.13 bits per heavy atom. The fourth-order valence-corrected chi connectivity index (χ4v) is 3.42. The van der Waals surface area contributed by atoms with Crippen LogP contribution >= 0.6 is 11.3 Å². The van der Waals surface area contributed by atoms with Crippen molar-refractivity contribution < 1.29 is 19.1 Å². The Balaban J connectivity index is 1.81. The third-order valence-electron chi connectivity index (χ3n) is 3.88. The number of imide groups is 1. The molecular formula is C16H15FN2O3S. The zero-order chi connectivity index (χ0) is 16.6. The van der Waals surface area contributed by atoms with E-state index in [-0.39, 0.29) is 6.54 Å². The van der Waals surface area contributed by atoms with Gasteiger partial charge in [0.05, 0.1) is 12.6 Å². The minimum atomic E-state index is -1.15. The highest BCUT2D eigenvalue weighted by atomic mass is 32.1. The van der Waals surface area contributed by atoms with Crippen LogP contribution in [0.25, 0.3) is 0 Å². The second-order valence-electron chi connectivity index (χ2n) is 5.52. The van der Waals surface area contributed by atoms with E-state index < -0.39 is 29.4 Å². The summed E-state index contributed by atoms with van der Waals surface area (Å²) in [7, 11) is 0. The molecule has 2 aromatic rings. The Labute approximate surface area is 136 Å². The summed E-state index contributed by atoms with van der Waals surface area (Å²) in [5, 5.41) is 14.7. The second-order valence-corrected chi connectivity index (χ2v) is 6.47. The van der Waals surface area contributed by atoms with Crippen molar-refractivity contribution in [3.8, 4) is 0 Å². The molecule has 2 atom stereocenters. The van der Waals surface area contributed by atoms with Crippen LogP contribution in [0.1, 0.15) is 23.5 Å². The van der Waals surface area contributed by atoms with Crippen molar-refractivity contribution in [1.82, 2.24) is 10.2 Å². The number of amides is 3. The summed E-state index contributed by atoms with van der Waals surface area (Å²) < 4.78 is 13.2. The zero-order valence-corrected chi connectivity index (χ0v) is 13.1. The molecule has 2 unspecified atom stereocenters. The van der Waals surface area contributed by atoms with Crippen LogP contribution in [-0.2, 0) is 10.3 Å². The van der Waals surface area contributed by atoms with E-state index in [2.05, 4.69) is 5.32 Å². The molecule has 1 aliphatic rings. The highest BCUT2D eigenvalue weighted by molar-refractivity contribution is 7.10. The Morgan fingerprint density at radius 3 is 2.78 bits per heavy atom. The number of carbonyl (C=O) groups excluding carboxylic acids is 2. The van der Waals surface area contributed by atoms with Gasteiger partial charge in [-0.1, -0.05) is 18.2 Å². The largest absolute Gasteiger partial charge is 0.387 e. The molecule has 0 bridgehead atoms. The SMILES string of the molecule is CC1(c2cccs2)NC(=O)N(CC(O)c2cccc(F)c2)C1=O. The van der Waals surface area contributed by atoms with Gasteiger partial charge in [0, 0.05) is 4.88 Å². The zero-order valence-electron chi connectivity index (χ0n) is 12.3. The van der Waals surface area contributed by atoms with Crippen LogP contribution < -0.4 is 5.32 Å². The maximum Gasteiger partial charge on any atom is 0.325 e. The molecule has 1 aliphatic heterocycles. The van der Waals surface area contributed by atoms with Gasteiger partial charge >= 0.3 is 6.03 Å². The van der Waals surface area contributed by atoms with Gasteiger partial charge in [-0.25, -0.2) is 9.18 Å². The molecule has 7 heteroatoms. The number of hydrogen-bond acceptors (Lipinski definition) is 4. The number of halogens is 1. The number of urea groups is 1. The van der Waals surface area contributed by atoms with Crippen molar-refractivity contribution in [3.63, 3.8) is 0 Å². The molecular weight excluding hydrogens is 319 g/mol. The van der Waals surface area contributed by atoms with Crippen molar-refractivity contribution in [1.29, 1.82) is 0 Å². The number of aliphatic hydroxyl groups is 1. The van der Waals surface area contributed by atoms with Crippen molar-refractivity contribution in [2.75, 3.05) is 6.54 Å². The second kappa shape index (κ2) is 5.75. The number of β-amino-alcohol motifs (C(OH)–C–C–N with tert-alkyl or cyclic N) is 1. The molecule has 1 fully saturated rings. The molecule has 2 N–H and O–H groups in total. The van der Waals surface area contributed by atoms with Crippen LogP contribution in [0.5, 0.6) is 0 Å². The normalized spacial score (nSPS) is 22.3. The van der Waals surface area contributed by atoms with E-state index in [0.717, 1.165) is 9.78 Å². The first-order valence-corrected chi connectivity index (χ1v) is 7.91. The summed E-state index contributed by atoms with van der Waals surface area (Å²) >= 11 is 1.37. The summed E-state index contributed by atoms with van der Waals surface area (Å²) in [5.41, 5.74) is -0.817. The van der Waals surface area contributed by atoms with E-state index in [1.165, 1.54) is 29.5 Å². The summed E-state index contributed by atoms with van der Waals surface area (Å²) in [4.78, 5) is 26.5. The van der Waals surface area contributed by atoms with Gasteiger partial charge in [0.2, 0.25) is 0 Å². The lowest BCUT2D eigenvalue weighted by Crippen LogP contribution is -2.40. The Kier molecular flexibility index (Phi) is 3.91. The molecule has 0 spiro atoms. The minimum absolute atomic E-state index is 0.227. The van der Waals surface area contributed by atoms with Gasteiger partial charge < -0.3 is 10.4 Å². The third kappa shape index (κ3) is 2.73. The van der Waals surface area contributed by atoms with Crippen LogP contribution in [0.4, 0.5) is 9.18 Å². The monoisotopic (exact) mass is 334 g/mol. The van der Waals surface area contributed by atoms with E-state index in [1.807, 2.05) is 5.38 Å². The topological polar surface area (TPSA) is 69.6 Å². The number of aliphatic hydroxyl groups excluding tert-OH is 1. The predicted octanol–water partition coefficient (Wildman–Crippen LogP) is 2.39. The first-order valence-electron chi connectivity index (χ1n) is 7.03. The Bertz CT molecular complexity index is 750. The molecule has 5 nitrogen and oxygen atoms in total. The average molecular weight is 334 g/mol. The lowest BCUT2D eigenvalue weighted by molar-refractivity contribution is -0.132. The number of nitrogens with zero attached hydrogens (tertiary/aromatic N) is 1. The van der Waals surface area contributed by atoms with Crippen molar-refractivity contribution in [2.24, 2.45) is 0 Å². The van der Waals surface area contributed by atoms with Gasteiger partial charge in [0.15, 0.2) is 5.54 Å². The fraction of sp³-hybridized carbons (Fsp3) is 0.250. The molecule has 3 amide bonds. The van der Waals surface area contributed by atoms with Gasteiger partial charge in [0.25, 0.3) is 5.91 Å². The maximum absolute atomic E-state index is 13.2. The van der Waals surface area contributed by atoms with Gasteiger partial charge in [-0.2, -0.15) is 0 Å². The first kappa shape index (κ1) is 15.6. The van der Waals surface area contributed by atoms with Crippen molar-refractivity contribution >= 4 is 23.3 Å². The van der Waals surface area contributed by atoms with Gasteiger partial charge in [-0.3, -0.25) is 9.69 Å². The molecule has 0 saturated carbocycles. The molecule has 23 heavy (non-hydrogen) atoms. The highest BCUT2D eigenvalue weighted by Crippen LogP contribution is 2.32. The van der Waals surface area contributed by atoms with Crippen LogP contribution in [0.2, 0.25) is 0 Å². The summed E-state index contributed by atoms with van der Waals surface area (Å²) in [5.74, 6) is -0.914. The summed E-state index contributed by atoms with van der Waals surface area (Å²) in [6.45, 7) is 1.41. The average Bonchev–Trinajstić information content (AvgIpc) is 3.12. The maximum atomic E-state index is 13.2. The summed E-state index contributed by atoms with van der Waals surface area (Å²) in [6.07, 6.45) is -1.15. The van der Waals surface area contributed by atoms with E-state index in [4.69, 9.17) is 0 Å². The van der Waals surface area contributed by atoms with Crippen LogP contribution in [0, 0.1) is 5.82 Å². The lowest BCUT2D eigenvalue weighted by Gasteiger charge is -2.21. The lowest BCUT2D eigenvalue weighted by atomic mass is 10.0. The van der Waals surface area contributed by atoms with Crippen molar-refractivity contribution in [3.05, 3.63) is 58.0 Å². The van der Waals surface area contributed by atoms with E-state index >= 15 is 0 Å². The molecule has 120 valence electrons. The quantitative estimate of drug-likeness (QED) is 0.844. The number of nitrogens with one attached hydrogen (secondary N) is 1. The molecule has 0 radical (unpaired) electrons. The van der Waals surface area contributed by atoms with Crippen molar-refractivity contribution in [2.45, 2.75) is 18.6 Å². The minimum Gasteiger partial charge on any atom is -0.387 e. The molecule has 3 rings (SSSR count). The standard InChI is InChI=1S/C16H15FN2O3S/c1-16(13-6-3-7-23-13)14(21)19(15(22)18-16)9-12(20)10-4-2-5-11(17)8-10/h2-8,12,20H,9H2,1H3,(H,18,22).